The van der Waals surface area contributed by atoms with Crippen LogP contribution in [0.15, 0.2) is 12.3 Å². The maximum Gasteiger partial charge on any atom is 0.131 e. The molecule has 0 unspecified atom stereocenters. The van der Waals surface area contributed by atoms with Crippen LogP contribution in [0.25, 0.3) is 0 Å². The van der Waals surface area contributed by atoms with Crippen LogP contribution in [-0.2, 0) is 6.42 Å². The molecule has 0 atom stereocenters. The van der Waals surface area contributed by atoms with E-state index in [1.54, 1.807) is 0 Å². The van der Waals surface area contributed by atoms with Gasteiger partial charge in [-0.05, 0) is 44.0 Å². The molecule has 1 aromatic rings. The Hall–Kier alpha value is -1.13. The van der Waals surface area contributed by atoms with Gasteiger partial charge in [0.05, 0.1) is 0 Å². The van der Waals surface area contributed by atoms with E-state index in [0.29, 0.717) is 6.54 Å². The molecular formula is C15H26N4. The highest BCUT2D eigenvalue weighted by Crippen LogP contribution is 2.19. The molecule has 0 aliphatic carbocycles. The molecule has 106 valence electrons. The Kier molecular flexibility index (Phi) is 5.16. The average molecular weight is 262 g/mol. The third-order valence-corrected chi connectivity index (χ3v) is 3.75. The van der Waals surface area contributed by atoms with Crippen LogP contribution >= 0.6 is 0 Å². The van der Waals surface area contributed by atoms with Gasteiger partial charge in [0.25, 0.3) is 0 Å². The summed E-state index contributed by atoms with van der Waals surface area (Å²) in [6.07, 6.45) is 4.14. The Morgan fingerprint density at radius 1 is 1.26 bits per heavy atom. The maximum absolute atomic E-state index is 5.59. The van der Waals surface area contributed by atoms with Crippen molar-refractivity contribution in [2.45, 2.75) is 26.7 Å². The van der Waals surface area contributed by atoms with E-state index in [4.69, 9.17) is 5.73 Å². The fourth-order valence-corrected chi connectivity index (χ4v) is 2.76. The van der Waals surface area contributed by atoms with Crippen LogP contribution in [0.1, 0.15) is 24.5 Å². The summed E-state index contributed by atoms with van der Waals surface area (Å²) in [5.74, 6) is 1.15. The van der Waals surface area contributed by atoms with Crippen LogP contribution < -0.4 is 10.6 Å². The number of rotatable bonds is 5. The Bertz CT molecular complexity index is 397. The van der Waals surface area contributed by atoms with Gasteiger partial charge in [0, 0.05) is 32.4 Å². The van der Waals surface area contributed by atoms with Gasteiger partial charge in [-0.15, -0.1) is 0 Å². The van der Waals surface area contributed by atoms with Gasteiger partial charge in [-0.25, -0.2) is 4.98 Å². The van der Waals surface area contributed by atoms with E-state index in [1.165, 1.54) is 24.1 Å². The summed E-state index contributed by atoms with van der Waals surface area (Å²) in [5.41, 5.74) is 8.11. The Morgan fingerprint density at radius 2 is 2.00 bits per heavy atom. The Morgan fingerprint density at radius 3 is 2.58 bits per heavy atom. The fraction of sp³-hybridized carbons (Fsp3) is 0.667. The SMILES string of the molecule is CCCN1CCN(c2ncc(CCN)cc2C)CC1. The number of aryl methyl sites for hydroxylation is 1. The molecule has 0 aromatic carbocycles. The van der Waals surface area contributed by atoms with Crippen molar-refractivity contribution < 1.29 is 0 Å². The van der Waals surface area contributed by atoms with Crippen molar-refractivity contribution in [2.24, 2.45) is 5.73 Å². The number of hydrogen-bond donors (Lipinski definition) is 1. The number of anilines is 1. The topological polar surface area (TPSA) is 45.4 Å². The minimum Gasteiger partial charge on any atom is -0.354 e. The molecule has 2 N–H and O–H groups in total. The molecule has 0 saturated carbocycles. The third kappa shape index (κ3) is 3.67. The lowest BCUT2D eigenvalue weighted by Gasteiger charge is -2.36. The molecular weight excluding hydrogens is 236 g/mol. The fourth-order valence-electron chi connectivity index (χ4n) is 2.76. The zero-order valence-electron chi connectivity index (χ0n) is 12.2. The Labute approximate surface area is 116 Å². The van der Waals surface area contributed by atoms with E-state index >= 15 is 0 Å². The molecule has 4 heteroatoms. The number of nitrogens with two attached hydrogens (primary N) is 1. The van der Waals surface area contributed by atoms with Gasteiger partial charge >= 0.3 is 0 Å². The molecule has 19 heavy (non-hydrogen) atoms. The molecule has 1 aliphatic heterocycles. The van der Waals surface area contributed by atoms with Gasteiger partial charge < -0.3 is 10.6 Å². The van der Waals surface area contributed by atoms with Crippen molar-refractivity contribution in [3.63, 3.8) is 0 Å². The average Bonchev–Trinajstić information content (AvgIpc) is 2.41. The number of pyridine rings is 1. The first-order valence-corrected chi connectivity index (χ1v) is 7.37. The lowest BCUT2D eigenvalue weighted by atomic mass is 10.1. The second kappa shape index (κ2) is 6.87. The maximum atomic E-state index is 5.59. The Balaban J connectivity index is 1.99. The molecule has 0 bridgehead atoms. The second-order valence-electron chi connectivity index (χ2n) is 5.35. The van der Waals surface area contributed by atoms with Gasteiger partial charge in [0.1, 0.15) is 5.82 Å². The first-order chi connectivity index (χ1) is 9.24. The lowest BCUT2D eigenvalue weighted by Crippen LogP contribution is -2.47. The number of piperazine rings is 1. The van der Waals surface area contributed by atoms with E-state index in [2.05, 4.69) is 34.7 Å². The zero-order valence-corrected chi connectivity index (χ0v) is 12.2. The molecule has 1 saturated heterocycles. The van der Waals surface area contributed by atoms with E-state index < -0.39 is 0 Å². The lowest BCUT2D eigenvalue weighted by molar-refractivity contribution is 0.258. The van der Waals surface area contributed by atoms with Gasteiger partial charge in [-0.1, -0.05) is 13.0 Å². The molecule has 0 spiro atoms. The van der Waals surface area contributed by atoms with E-state index in [1.807, 2.05) is 6.20 Å². The van der Waals surface area contributed by atoms with Crippen molar-refractivity contribution >= 4 is 5.82 Å². The molecule has 1 fully saturated rings. The number of nitrogens with zero attached hydrogens (tertiary/aromatic N) is 3. The monoisotopic (exact) mass is 262 g/mol. The standard InChI is InChI=1S/C15H26N4/c1-3-6-18-7-9-19(10-8-18)15-13(2)11-14(4-5-16)12-17-15/h11-12H,3-10,16H2,1-2H3. The van der Waals surface area contributed by atoms with Crippen molar-refractivity contribution in [2.75, 3.05) is 44.2 Å². The summed E-state index contributed by atoms with van der Waals surface area (Å²) in [4.78, 5) is 9.59. The molecule has 0 radical (unpaired) electrons. The first kappa shape index (κ1) is 14.3. The summed E-state index contributed by atoms with van der Waals surface area (Å²) in [5, 5.41) is 0. The molecule has 0 amide bonds. The van der Waals surface area contributed by atoms with Crippen LogP contribution in [0.3, 0.4) is 0 Å². The smallest absolute Gasteiger partial charge is 0.131 e. The largest absolute Gasteiger partial charge is 0.354 e. The van der Waals surface area contributed by atoms with Crippen molar-refractivity contribution in [1.29, 1.82) is 0 Å². The summed E-state index contributed by atoms with van der Waals surface area (Å²) in [7, 11) is 0. The first-order valence-electron chi connectivity index (χ1n) is 7.37. The van der Waals surface area contributed by atoms with E-state index in [9.17, 15) is 0 Å². The zero-order chi connectivity index (χ0) is 13.7. The third-order valence-electron chi connectivity index (χ3n) is 3.75. The number of hydrogen-bond acceptors (Lipinski definition) is 4. The molecule has 2 heterocycles. The van der Waals surface area contributed by atoms with Crippen LogP contribution in [-0.4, -0.2) is 49.2 Å². The summed E-state index contributed by atoms with van der Waals surface area (Å²) >= 11 is 0. The van der Waals surface area contributed by atoms with Crippen molar-refractivity contribution in [1.82, 2.24) is 9.88 Å². The minimum absolute atomic E-state index is 0.691. The predicted molar refractivity (Wildman–Crippen MR) is 80.7 cm³/mol. The number of aromatic nitrogens is 1. The summed E-state index contributed by atoms with van der Waals surface area (Å²) < 4.78 is 0. The second-order valence-corrected chi connectivity index (χ2v) is 5.35. The molecule has 2 rings (SSSR count). The van der Waals surface area contributed by atoms with Gasteiger partial charge in [0.15, 0.2) is 0 Å². The molecule has 1 aromatic heterocycles. The minimum atomic E-state index is 0.691. The molecule has 1 aliphatic rings. The van der Waals surface area contributed by atoms with Crippen molar-refractivity contribution in [3.8, 4) is 0 Å². The predicted octanol–water partition coefficient (Wildman–Crippen LogP) is 1.42. The highest BCUT2D eigenvalue weighted by atomic mass is 15.3. The van der Waals surface area contributed by atoms with Gasteiger partial charge in [0.2, 0.25) is 0 Å². The van der Waals surface area contributed by atoms with Crippen LogP contribution in [0, 0.1) is 6.92 Å². The highest BCUT2D eigenvalue weighted by Gasteiger charge is 2.18. The van der Waals surface area contributed by atoms with Crippen LogP contribution in [0.4, 0.5) is 5.82 Å². The van der Waals surface area contributed by atoms with Crippen molar-refractivity contribution in [3.05, 3.63) is 23.4 Å². The quantitative estimate of drug-likeness (QED) is 0.872. The summed E-state index contributed by atoms with van der Waals surface area (Å²) in [6, 6.07) is 2.23. The van der Waals surface area contributed by atoms with Crippen LogP contribution in [0.2, 0.25) is 0 Å². The highest BCUT2D eigenvalue weighted by molar-refractivity contribution is 5.47. The van der Waals surface area contributed by atoms with E-state index in [0.717, 1.165) is 38.4 Å². The molecule has 4 nitrogen and oxygen atoms in total. The van der Waals surface area contributed by atoms with E-state index in [-0.39, 0.29) is 0 Å². The van der Waals surface area contributed by atoms with Gasteiger partial charge in [-0.3, -0.25) is 4.90 Å². The summed E-state index contributed by atoms with van der Waals surface area (Å²) in [6.45, 7) is 10.8. The normalized spacial score (nSPS) is 16.9. The van der Waals surface area contributed by atoms with Crippen LogP contribution in [0.5, 0.6) is 0 Å². The van der Waals surface area contributed by atoms with Gasteiger partial charge in [-0.2, -0.15) is 0 Å².